The van der Waals surface area contributed by atoms with Crippen LogP contribution in [-0.2, 0) is 11.2 Å². The molecule has 3 aliphatic rings. The van der Waals surface area contributed by atoms with Crippen molar-refractivity contribution in [1.29, 1.82) is 0 Å². The molecule has 6 heteroatoms. The number of fused-ring (bicyclic) bond motifs is 4. The topological polar surface area (TPSA) is 42.0 Å². The summed E-state index contributed by atoms with van der Waals surface area (Å²) in [6, 6.07) is 6.78. The molecular formula is C19H28N4OS+2. The van der Waals surface area contributed by atoms with E-state index in [1.165, 1.54) is 40.9 Å². The zero-order valence-corrected chi connectivity index (χ0v) is 16.1. The van der Waals surface area contributed by atoms with E-state index in [0.29, 0.717) is 6.54 Å². The Labute approximate surface area is 153 Å². The van der Waals surface area contributed by atoms with Crippen LogP contribution in [0.15, 0.2) is 18.2 Å². The summed E-state index contributed by atoms with van der Waals surface area (Å²) < 4.78 is 3.53. The third-order valence-electron chi connectivity index (χ3n) is 6.34. The largest absolute Gasteiger partial charge is 0.354 e. The number of piperazine rings is 3. The van der Waals surface area contributed by atoms with Crippen molar-refractivity contribution in [2.75, 3.05) is 59.4 Å². The van der Waals surface area contributed by atoms with Crippen molar-refractivity contribution in [2.45, 2.75) is 13.3 Å². The summed E-state index contributed by atoms with van der Waals surface area (Å²) in [6.07, 6.45) is 1.13. The van der Waals surface area contributed by atoms with Crippen molar-refractivity contribution in [2.24, 2.45) is 0 Å². The number of nitrogens with zero attached hydrogens (tertiary/aromatic N) is 3. The lowest BCUT2D eigenvalue weighted by Crippen LogP contribution is -2.76. The van der Waals surface area contributed by atoms with E-state index in [-0.39, 0.29) is 5.91 Å². The van der Waals surface area contributed by atoms with Crippen LogP contribution in [0.1, 0.15) is 10.6 Å². The third kappa shape index (κ3) is 3.30. The number of carbonyl (C=O) groups is 1. The average molecular weight is 361 g/mol. The number of hydrogen-bond donors (Lipinski definition) is 1. The van der Waals surface area contributed by atoms with E-state index in [9.17, 15) is 4.79 Å². The first-order valence-corrected chi connectivity index (χ1v) is 10.1. The highest BCUT2D eigenvalue weighted by Gasteiger charge is 2.49. The number of nitrogens with one attached hydrogen (secondary N) is 1. The third-order valence-corrected chi connectivity index (χ3v) is 7.29. The number of benzene rings is 1. The van der Waals surface area contributed by atoms with Crippen LogP contribution in [0.25, 0.3) is 10.2 Å². The van der Waals surface area contributed by atoms with Gasteiger partial charge in [-0.25, -0.2) is 4.98 Å². The van der Waals surface area contributed by atoms with Crippen molar-refractivity contribution in [3.05, 3.63) is 28.8 Å². The van der Waals surface area contributed by atoms with Crippen LogP contribution in [0, 0.1) is 6.92 Å². The Bertz CT molecular complexity index is 775. The van der Waals surface area contributed by atoms with Crippen LogP contribution in [0.5, 0.6) is 0 Å². The van der Waals surface area contributed by atoms with Crippen LogP contribution in [-0.4, -0.2) is 79.3 Å². The maximum atomic E-state index is 11.8. The van der Waals surface area contributed by atoms with Gasteiger partial charge in [0.05, 0.1) is 21.8 Å². The molecule has 1 aromatic heterocycles. The maximum Gasteiger partial charge on any atom is 0.275 e. The Morgan fingerprint density at radius 3 is 2.52 bits per heavy atom. The summed E-state index contributed by atoms with van der Waals surface area (Å²) in [5, 5.41) is 3.94. The first kappa shape index (κ1) is 16.9. The second kappa shape index (κ2) is 6.34. The quantitative estimate of drug-likeness (QED) is 0.822. The summed E-state index contributed by atoms with van der Waals surface area (Å²) in [5.74, 6) is 0.189. The van der Waals surface area contributed by atoms with E-state index < -0.39 is 0 Å². The minimum Gasteiger partial charge on any atom is -0.354 e. The number of quaternary nitrogens is 2. The van der Waals surface area contributed by atoms with Gasteiger partial charge >= 0.3 is 0 Å². The summed E-state index contributed by atoms with van der Waals surface area (Å²) >= 11 is 1.77. The zero-order valence-electron chi connectivity index (χ0n) is 15.3. The molecule has 0 aliphatic carbocycles. The Morgan fingerprint density at radius 1 is 1.16 bits per heavy atom. The number of rotatable bonds is 5. The van der Waals surface area contributed by atoms with Crippen LogP contribution >= 0.6 is 11.3 Å². The van der Waals surface area contributed by atoms with Crippen LogP contribution in [0.2, 0.25) is 0 Å². The van der Waals surface area contributed by atoms with Gasteiger partial charge in [0, 0.05) is 13.5 Å². The van der Waals surface area contributed by atoms with Crippen LogP contribution in [0.3, 0.4) is 0 Å². The SMILES string of the molecule is CNC(=O)C[N+]12CC[N+](CCc3ccc4sc(C)nc4c3)(CC1)CC2. The van der Waals surface area contributed by atoms with Gasteiger partial charge in [-0.2, -0.15) is 0 Å². The molecule has 0 unspecified atom stereocenters. The molecule has 3 fully saturated rings. The van der Waals surface area contributed by atoms with E-state index in [1.807, 2.05) is 0 Å². The lowest BCUT2D eigenvalue weighted by molar-refractivity contribution is -1.08. The number of thiazole rings is 1. The molecule has 25 heavy (non-hydrogen) atoms. The fourth-order valence-corrected chi connectivity index (χ4v) is 5.32. The standard InChI is InChI=1S/C19H27N4OS/c1-15-21-17-13-16(3-4-18(17)25-15)5-6-22-7-10-23(11-8-22,12-9-22)14-19(24)20-2/h3-4,13H,5-12,14H2,1-2H3/q+1/p+1. The Morgan fingerprint density at radius 2 is 1.84 bits per heavy atom. The first-order valence-electron chi connectivity index (χ1n) is 9.28. The van der Waals surface area contributed by atoms with Gasteiger partial charge in [0.15, 0.2) is 6.54 Å². The second-order valence-corrected chi connectivity index (χ2v) is 9.10. The monoisotopic (exact) mass is 360 g/mol. The second-order valence-electron chi connectivity index (χ2n) is 7.86. The molecule has 0 saturated carbocycles. The van der Waals surface area contributed by atoms with Gasteiger partial charge in [0.2, 0.25) is 0 Å². The van der Waals surface area contributed by atoms with Crippen LogP contribution in [0.4, 0.5) is 0 Å². The molecule has 134 valence electrons. The van der Waals surface area contributed by atoms with E-state index in [0.717, 1.165) is 41.1 Å². The van der Waals surface area contributed by atoms with E-state index in [1.54, 1.807) is 18.4 Å². The van der Waals surface area contributed by atoms with Crippen molar-refractivity contribution >= 4 is 27.5 Å². The Kier molecular flexibility index (Phi) is 4.30. The highest BCUT2D eigenvalue weighted by Crippen LogP contribution is 2.28. The van der Waals surface area contributed by atoms with Gasteiger partial charge in [0.25, 0.3) is 5.91 Å². The van der Waals surface area contributed by atoms with Gasteiger partial charge in [-0.1, -0.05) is 6.07 Å². The van der Waals surface area contributed by atoms with E-state index >= 15 is 0 Å². The van der Waals surface area contributed by atoms with Crippen molar-refractivity contribution in [3.63, 3.8) is 0 Å². The molecule has 3 aliphatic heterocycles. The number of aryl methyl sites for hydroxylation is 1. The highest BCUT2D eigenvalue weighted by molar-refractivity contribution is 7.18. The predicted octanol–water partition coefficient (Wildman–Crippen LogP) is 1.55. The molecule has 2 aromatic rings. The van der Waals surface area contributed by atoms with Gasteiger partial charge in [-0.15, -0.1) is 11.3 Å². The van der Waals surface area contributed by atoms with E-state index in [2.05, 4.69) is 35.4 Å². The molecule has 2 bridgehead atoms. The molecule has 5 rings (SSSR count). The minimum atomic E-state index is 0.189. The molecule has 5 nitrogen and oxygen atoms in total. The first-order chi connectivity index (χ1) is 12.0. The predicted molar refractivity (Wildman–Crippen MR) is 102 cm³/mol. The molecule has 0 atom stereocenters. The lowest BCUT2D eigenvalue weighted by atomic mass is 10.0. The lowest BCUT2D eigenvalue weighted by Gasteiger charge is -2.55. The van der Waals surface area contributed by atoms with Gasteiger partial charge < -0.3 is 14.3 Å². The zero-order chi connectivity index (χ0) is 17.5. The molecule has 4 heterocycles. The van der Waals surface area contributed by atoms with Crippen molar-refractivity contribution in [3.8, 4) is 0 Å². The number of carbonyl (C=O) groups excluding carboxylic acids is 1. The minimum absolute atomic E-state index is 0.189. The molecule has 0 spiro atoms. The summed E-state index contributed by atoms with van der Waals surface area (Å²) in [4.78, 5) is 16.5. The van der Waals surface area contributed by atoms with Gasteiger partial charge in [-0.3, -0.25) is 4.79 Å². The molecule has 3 saturated heterocycles. The fraction of sp³-hybridized carbons (Fsp3) is 0.579. The fourth-order valence-electron chi connectivity index (χ4n) is 4.51. The summed E-state index contributed by atoms with van der Waals surface area (Å²) in [6.45, 7) is 11.1. The maximum absolute atomic E-state index is 11.8. The molecule has 1 amide bonds. The van der Waals surface area contributed by atoms with Gasteiger partial charge in [0.1, 0.15) is 39.3 Å². The molecule has 0 radical (unpaired) electrons. The number of likely N-dealkylation sites (N-methyl/N-ethyl adjacent to an activating group) is 1. The number of aromatic nitrogens is 1. The Hall–Kier alpha value is -1.50. The van der Waals surface area contributed by atoms with E-state index in [4.69, 9.17) is 0 Å². The van der Waals surface area contributed by atoms with Crippen molar-refractivity contribution in [1.82, 2.24) is 10.3 Å². The Balaban J connectivity index is 1.39. The number of amides is 1. The average Bonchev–Trinajstić information content (AvgIpc) is 3.01. The summed E-state index contributed by atoms with van der Waals surface area (Å²) in [7, 11) is 1.75. The molecule has 1 aromatic carbocycles. The molecule has 1 N–H and O–H groups in total. The highest BCUT2D eigenvalue weighted by atomic mass is 32.1. The number of hydrogen-bond acceptors (Lipinski definition) is 3. The normalized spacial score (nSPS) is 28.4. The molecular weight excluding hydrogens is 332 g/mol. The summed E-state index contributed by atoms with van der Waals surface area (Å²) in [5.41, 5.74) is 2.56. The van der Waals surface area contributed by atoms with Crippen LogP contribution < -0.4 is 5.32 Å². The smallest absolute Gasteiger partial charge is 0.275 e. The van der Waals surface area contributed by atoms with Crippen molar-refractivity contribution < 1.29 is 13.8 Å². The van der Waals surface area contributed by atoms with Gasteiger partial charge in [-0.05, 0) is 24.6 Å².